The van der Waals surface area contributed by atoms with Crippen LogP contribution in [0.2, 0.25) is 0 Å². The highest BCUT2D eigenvalue weighted by Crippen LogP contribution is 2.36. The Kier molecular flexibility index (Phi) is 5.45. The minimum absolute atomic E-state index is 0.168. The number of thiophene rings is 1. The van der Waals surface area contributed by atoms with E-state index in [2.05, 4.69) is 49.1 Å². The fourth-order valence-corrected chi connectivity index (χ4v) is 6.06. The molecule has 2 aromatic heterocycles. The predicted molar refractivity (Wildman–Crippen MR) is 115 cm³/mol. The molecular formula is C21H25N3OS2. The minimum atomic E-state index is 0.168. The van der Waals surface area contributed by atoms with Gasteiger partial charge in [0.25, 0.3) is 5.91 Å². The second-order valence-corrected chi connectivity index (χ2v) is 8.97. The molecule has 0 saturated carbocycles. The second kappa shape index (κ2) is 7.98. The van der Waals surface area contributed by atoms with Gasteiger partial charge in [0.2, 0.25) is 0 Å². The van der Waals surface area contributed by atoms with Crippen molar-refractivity contribution in [1.82, 2.24) is 9.88 Å². The van der Waals surface area contributed by atoms with Crippen molar-refractivity contribution >= 4 is 43.2 Å². The zero-order valence-electron chi connectivity index (χ0n) is 15.9. The maximum atomic E-state index is 12.9. The molecule has 0 bridgehead atoms. The van der Waals surface area contributed by atoms with Crippen LogP contribution in [0.4, 0.5) is 5.13 Å². The van der Waals surface area contributed by atoms with Crippen LogP contribution in [0.3, 0.4) is 0 Å². The molecule has 4 nitrogen and oxygen atoms in total. The van der Waals surface area contributed by atoms with Crippen molar-refractivity contribution in [3.05, 3.63) is 46.8 Å². The van der Waals surface area contributed by atoms with E-state index in [0.717, 1.165) is 58.6 Å². The molecule has 0 unspecified atom stereocenters. The number of benzene rings is 1. The second-order valence-electron chi connectivity index (χ2n) is 6.93. The van der Waals surface area contributed by atoms with Crippen LogP contribution in [0, 0.1) is 0 Å². The van der Waals surface area contributed by atoms with E-state index in [1.54, 1.807) is 11.3 Å². The average molecular weight is 400 g/mol. The summed E-state index contributed by atoms with van der Waals surface area (Å²) in [5, 5.41) is 1.06. The number of likely N-dealkylation sites (tertiary alicyclic amines) is 1. The molecule has 1 amide bonds. The SMILES string of the molecule is CCN(CC)c1nc2sc(C(=O)N3CCC(c4ccccc4)CC3)cc2s1. The third-order valence-corrected chi connectivity index (χ3v) is 7.59. The molecule has 1 aliphatic heterocycles. The Morgan fingerprint density at radius 2 is 1.85 bits per heavy atom. The van der Waals surface area contributed by atoms with Crippen molar-refractivity contribution in [2.24, 2.45) is 0 Å². The quantitative estimate of drug-likeness (QED) is 0.590. The maximum absolute atomic E-state index is 12.9. The number of hydrogen-bond donors (Lipinski definition) is 0. The van der Waals surface area contributed by atoms with Crippen LogP contribution in [-0.2, 0) is 0 Å². The molecular weight excluding hydrogens is 374 g/mol. The highest BCUT2D eigenvalue weighted by atomic mass is 32.1. The molecule has 0 radical (unpaired) electrons. The van der Waals surface area contributed by atoms with Gasteiger partial charge in [-0.05, 0) is 44.2 Å². The van der Waals surface area contributed by atoms with Crippen molar-refractivity contribution in [3.63, 3.8) is 0 Å². The molecule has 4 rings (SSSR count). The van der Waals surface area contributed by atoms with Gasteiger partial charge in [0.1, 0.15) is 4.83 Å². The molecule has 0 aliphatic carbocycles. The zero-order valence-corrected chi connectivity index (χ0v) is 17.5. The van der Waals surface area contributed by atoms with Gasteiger partial charge in [-0.25, -0.2) is 4.98 Å². The van der Waals surface area contributed by atoms with Gasteiger partial charge in [-0.2, -0.15) is 0 Å². The number of fused-ring (bicyclic) bond motifs is 1. The number of anilines is 1. The summed E-state index contributed by atoms with van der Waals surface area (Å²) in [7, 11) is 0. The Balaban J connectivity index is 1.43. The van der Waals surface area contributed by atoms with Gasteiger partial charge in [0.05, 0.1) is 9.58 Å². The molecule has 3 heterocycles. The van der Waals surface area contributed by atoms with E-state index in [-0.39, 0.29) is 5.91 Å². The normalized spacial score (nSPS) is 15.4. The van der Waals surface area contributed by atoms with Crippen LogP contribution in [0.15, 0.2) is 36.4 Å². The molecule has 6 heteroatoms. The lowest BCUT2D eigenvalue weighted by Gasteiger charge is -2.32. The summed E-state index contributed by atoms with van der Waals surface area (Å²) in [6.07, 6.45) is 2.08. The summed E-state index contributed by atoms with van der Waals surface area (Å²) in [5.41, 5.74) is 1.40. The molecule has 3 aromatic rings. The number of piperidine rings is 1. The highest BCUT2D eigenvalue weighted by molar-refractivity contribution is 7.29. The number of aromatic nitrogens is 1. The van der Waals surface area contributed by atoms with Crippen LogP contribution in [0.25, 0.3) is 9.53 Å². The molecule has 1 aromatic carbocycles. The Hall–Kier alpha value is -1.92. The molecule has 27 heavy (non-hydrogen) atoms. The molecule has 1 saturated heterocycles. The average Bonchev–Trinajstić information content (AvgIpc) is 3.29. The summed E-state index contributed by atoms with van der Waals surface area (Å²) < 4.78 is 1.13. The third-order valence-electron chi connectivity index (χ3n) is 5.38. The lowest BCUT2D eigenvalue weighted by molar-refractivity contribution is 0.0718. The van der Waals surface area contributed by atoms with Crippen molar-refractivity contribution < 1.29 is 4.79 Å². The fourth-order valence-electron chi connectivity index (χ4n) is 3.76. The lowest BCUT2D eigenvalue weighted by Crippen LogP contribution is -2.37. The first-order valence-electron chi connectivity index (χ1n) is 9.69. The van der Waals surface area contributed by atoms with Crippen molar-refractivity contribution in [1.29, 1.82) is 0 Å². The molecule has 1 aliphatic rings. The van der Waals surface area contributed by atoms with E-state index >= 15 is 0 Å². The maximum Gasteiger partial charge on any atom is 0.264 e. The van der Waals surface area contributed by atoms with Gasteiger partial charge in [-0.3, -0.25) is 4.79 Å². The molecule has 142 valence electrons. The van der Waals surface area contributed by atoms with Crippen LogP contribution >= 0.6 is 22.7 Å². The molecule has 1 fully saturated rings. The van der Waals surface area contributed by atoms with Crippen LogP contribution in [0.5, 0.6) is 0 Å². The van der Waals surface area contributed by atoms with E-state index in [0.29, 0.717) is 5.92 Å². The van der Waals surface area contributed by atoms with Crippen molar-refractivity contribution in [3.8, 4) is 0 Å². The molecule has 0 spiro atoms. The Morgan fingerprint density at radius 1 is 1.15 bits per heavy atom. The summed E-state index contributed by atoms with van der Waals surface area (Å²) in [6, 6.07) is 12.7. The Morgan fingerprint density at radius 3 is 2.48 bits per heavy atom. The van der Waals surface area contributed by atoms with Crippen molar-refractivity contribution in [2.45, 2.75) is 32.6 Å². The molecule has 0 N–H and O–H groups in total. The third kappa shape index (κ3) is 3.73. The highest BCUT2D eigenvalue weighted by Gasteiger charge is 2.26. The first-order chi connectivity index (χ1) is 13.2. The number of hydrogen-bond acceptors (Lipinski definition) is 5. The van der Waals surface area contributed by atoms with E-state index in [9.17, 15) is 4.79 Å². The van der Waals surface area contributed by atoms with E-state index in [1.807, 2.05) is 11.0 Å². The van der Waals surface area contributed by atoms with Crippen LogP contribution in [0.1, 0.15) is 47.8 Å². The monoisotopic (exact) mass is 399 g/mol. The standard InChI is InChI=1S/C21H25N3OS2/c1-3-23(4-2)21-22-19-17(27-21)14-18(26-19)20(25)24-12-10-16(11-13-24)15-8-6-5-7-9-15/h5-9,14,16H,3-4,10-13H2,1-2H3. The first kappa shape index (κ1) is 18.4. The number of amides is 1. The lowest BCUT2D eigenvalue weighted by atomic mass is 9.89. The van der Waals surface area contributed by atoms with E-state index in [4.69, 9.17) is 4.98 Å². The first-order valence-corrected chi connectivity index (χ1v) is 11.3. The zero-order chi connectivity index (χ0) is 18.8. The van der Waals surface area contributed by atoms with E-state index in [1.165, 1.54) is 16.9 Å². The number of rotatable bonds is 5. The molecule has 0 atom stereocenters. The minimum Gasteiger partial charge on any atom is -0.349 e. The number of carbonyl (C=O) groups excluding carboxylic acids is 1. The predicted octanol–water partition coefficient (Wildman–Crippen LogP) is 5.22. The Bertz CT molecular complexity index is 875. The number of nitrogens with zero attached hydrogens (tertiary/aromatic N) is 3. The van der Waals surface area contributed by atoms with Gasteiger partial charge < -0.3 is 9.80 Å². The summed E-state index contributed by atoms with van der Waals surface area (Å²) in [6.45, 7) is 7.88. The summed E-state index contributed by atoms with van der Waals surface area (Å²) in [4.78, 5) is 23.8. The topological polar surface area (TPSA) is 36.4 Å². The summed E-state index contributed by atoms with van der Waals surface area (Å²) >= 11 is 3.23. The number of carbonyl (C=O) groups is 1. The smallest absolute Gasteiger partial charge is 0.264 e. The van der Waals surface area contributed by atoms with Crippen molar-refractivity contribution in [2.75, 3.05) is 31.1 Å². The summed E-state index contributed by atoms with van der Waals surface area (Å²) in [5.74, 6) is 0.737. The fraction of sp³-hybridized carbons (Fsp3) is 0.429. The van der Waals surface area contributed by atoms with Gasteiger partial charge in [-0.1, -0.05) is 41.7 Å². The van der Waals surface area contributed by atoms with Gasteiger partial charge in [0, 0.05) is 26.2 Å². The van der Waals surface area contributed by atoms with Gasteiger partial charge in [-0.15, -0.1) is 11.3 Å². The van der Waals surface area contributed by atoms with Gasteiger partial charge >= 0.3 is 0 Å². The Labute approximate surface area is 168 Å². The largest absolute Gasteiger partial charge is 0.349 e. The number of thiazole rings is 1. The van der Waals surface area contributed by atoms with E-state index < -0.39 is 0 Å². The van der Waals surface area contributed by atoms with Crippen LogP contribution in [-0.4, -0.2) is 42.0 Å². The van der Waals surface area contributed by atoms with Gasteiger partial charge in [0.15, 0.2) is 5.13 Å². The van der Waals surface area contributed by atoms with Crippen LogP contribution < -0.4 is 4.90 Å².